The molecule has 104 valence electrons. The van der Waals surface area contributed by atoms with Crippen LogP contribution in [0.5, 0.6) is 0 Å². The van der Waals surface area contributed by atoms with E-state index in [2.05, 4.69) is 15.3 Å². The van der Waals surface area contributed by atoms with E-state index >= 15 is 0 Å². The summed E-state index contributed by atoms with van der Waals surface area (Å²) in [5, 5.41) is 13.1. The molecule has 0 bridgehead atoms. The highest BCUT2D eigenvalue weighted by Gasteiger charge is 2.14. The van der Waals surface area contributed by atoms with Crippen molar-refractivity contribution < 1.29 is 14.1 Å². The fourth-order valence-electron chi connectivity index (χ4n) is 1.64. The number of carbonyl (C=O) groups excluding carboxylic acids is 1. The van der Waals surface area contributed by atoms with Crippen molar-refractivity contribution in [2.24, 2.45) is 0 Å². The number of non-ortho nitro benzene ring substituents is 1. The summed E-state index contributed by atoms with van der Waals surface area (Å²) in [7, 11) is 0. The average Bonchev–Trinajstić information content (AvgIpc) is 2.91. The Bertz CT molecular complexity index is 628. The van der Waals surface area contributed by atoms with E-state index in [9.17, 15) is 19.3 Å². The van der Waals surface area contributed by atoms with Crippen LogP contribution in [0.3, 0.4) is 0 Å². The van der Waals surface area contributed by atoms with E-state index in [4.69, 9.17) is 0 Å². The lowest BCUT2D eigenvalue weighted by molar-refractivity contribution is -0.385. The van der Waals surface area contributed by atoms with Gasteiger partial charge in [-0.05, 0) is 6.07 Å². The summed E-state index contributed by atoms with van der Waals surface area (Å²) < 4.78 is 13.2. The molecule has 0 atom stereocenters. The van der Waals surface area contributed by atoms with Crippen LogP contribution in [0.15, 0.2) is 30.7 Å². The molecule has 2 N–H and O–H groups in total. The van der Waals surface area contributed by atoms with Crippen molar-refractivity contribution in [1.82, 2.24) is 15.3 Å². The minimum Gasteiger partial charge on any atom is -0.352 e. The molecule has 1 heterocycles. The number of imidazole rings is 1. The van der Waals surface area contributed by atoms with Crippen LogP contribution < -0.4 is 5.32 Å². The van der Waals surface area contributed by atoms with Gasteiger partial charge in [0, 0.05) is 36.5 Å². The molecule has 20 heavy (non-hydrogen) atoms. The number of nitro groups is 1. The van der Waals surface area contributed by atoms with Crippen LogP contribution in [0.2, 0.25) is 0 Å². The van der Waals surface area contributed by atoms with Crippen LogP contribution in [-0.2, 0) is 6.42 Å². The largest absolute Gasteiger partial charge is 0.352 e. The quantitative estimate of drug-likeness (QED) is 0.638. The van der Waals surface area contributed by atoms with Crippen molar-refractivity contribution in [3.05, 3.63) is 57.9 Å². The molecule has 1 amide bonds. The van der Waals surface area contributed by atoms with Gasteiger partial charge in [-0.15, -0.1) is 0 Å². The molecule has 0 aliphatic heterocycles. The van der Waals surface area contributed by atoms with Gasteiger partial charge in [-0.1, -0.05) is 0 Å². The molecular formula is C12H11FN4O3. The molecule has 0 spiro atoms. The molecule has 0 fully saturated rings. The highest BCUT2D eigenvalue weighted by Crippen LogP contribution is 2.16. The Morgan fingerprint density at radius 3 is 2.90 bits per heavy atom. The number of rotatable bonds is 5. The van der Waals surface area contributed by atoms with E-state index < -0.39 is 22.3 Å². The van der Waals surface area contributed by atoms with Crippen LogP contribution >= 0.6 is 0 Å². The van der Waals surface area contributed by atoms with Crippen LogP contribution in [0.25, 0.3) is 0 Å². The predicted octanol–water partition coefficient (Wildman–Crippen LogP) is 1.43. The number of nitrogens with one attached hydrogen (secondary N) is 2. The molecule has 8 heteroatoms. The van der Waals surface area contributed by atoms with Gasteiger partial charge in [0.25, 0.3) is 11.6 Å². The number of aromatic amines is 1. The number of benzene rings is 1. The van der Waals surface area contributed by atoms with E-state index in [0.29, 0.717) is 13.0 Å². The van der Waals surface area contributed by atoms with Crippen molar-refractivity contribution >= 4 is 11.6 Å². The molecule has 1 aromatic carbocycles. The summed E-state index contributed by atoms with van der Waals surface area (Å²) in [6.45, 7) is 0.311. The monoisotopic (exact) mass is 278 g/mol. The third kappa shape index (κ3) is 3.37. The fourth-order valence-corrected chi connectivity index (χ4v) is 1.64. The van der Waals surface area contributed by atoms with Crippen LogP contribution in [0, 0.1) is 15.9 Å². The summed E-state index contributed by atoms with van der Waals surface area (Å²) in [5.74, 6) is -1.38. The van der Waals surface area contributed by atoms with E-state index in [1.54, 1.807) is 6.20 Å². The standard InChI is InChI=1S/C12H11FN4O3/c13-9-3-8(4-11(5-9)17(19)20)12(18)15-2-1-10-6-14-7-16-10/h3-7H,1-2H2,(H,14,16)(H,15,18). The highest BCUT2D eigenvalue weighted by molar-refractivity contribution is 5.94. The van der Waals surface area contributed by atoms with Gasteiger partial charge in [0.05, 0.1) is 17.3 Å². The van der Waals surface area contributed by atoms with Gasteiger partial charge in [-0.25, -0.2) is 9.37 Å². The molecule has 2 aromatic rings. The van der Waals surface area contributed by atoms with Gasteiger partial charge in [0.1, 0.15) is 5.82 Å². The molecule has 0 saturated heterocycles. The maximum absolute atomic E-state index is 13.2. The molecule has 2 rings (SSSR count). The van der Waals surface area contributed by atoms with Gasteiger partial charge in [-0.3, -0.25) is 14.9 Å². The fraction of sp³-hybridized carbons (Fsp3) is 0.167. The molecule has 1 aromatic heterocycles. The van der Waals surface area contributed by atoms with Crippen molar-refractivity contribution in [3.8, 4) is 0 Å². The number of hydrogen-bond acceptors (Lipinski definition) is 4. The molecule has 0 aliphatic rings. The first-order valence-electron chi connectivity index (χ1n) is 5.76. The highest BCUT2D eigenvalue weighted by atomic mass is 19.1. The summed E-state index contributed by atoms with van der Waals surface area (Å²) >= 11 is 0. The van der Waals surface area contributed by atoms with Gasteiger partial charge in [0.15, 0.2) is 0 Å². The topological polar surface area (TPSA) is 101 Å². The van der Waals surface area contributed by atoms with Crippen LogP contribution in [0.4, 0.5) is 10.1 Å². The van der Waals surface area contributed by atoms with Crippen molar-refractivity contribution in [2.45, 2.75) is 6.42 Å². The number of halogens is 1. The second-order valence-electron chi connectivity index (χ2n) is 4.04. The Morgan fingerprint density at radius 2 is 2.25 bits per heavy atom. The molecule has 0 unspecified atom stereocenters. The number of nitrogens with zero attached hydrogens (tertiary/aromatic N) is 2. The van der Waals surface area contributed by atoms with E-state index in [1.807, 2.05) is 0 Å². The number of H-pyrrole nitrogens is 1. The molecule has 7 nitrogen and oxygen atoms in total. The lowest BCUT2D eigenvalue weighted by atomic mass is 10.2. The van der Waals surface area contributed by atoms with Crippen molar-refractivity contribution in [3.63, 3.8) is 0 Å². The minimum absolute atomic E-state index is 0.0821. The summed E-state index contributed by atoms with van der Waals surface area (Å²) in [4.78, 5) is 28.3. The third-order valence-electron chi connectivity index (χ3n) is 2.59. The van der Waals surface area contributed by atoms with Crippen molar-refractivity contribution in [1.29, 1.82) is 0 Å². The number of carbonyl (C=O) groups is 1. The van der Waals surface area contributed by atoms with Gasteiger partial charge < -0.3 is 10.3 Å². The Morgan fingerprint density at radius 1 is 1.45 bits per heavy atom. The smallest absolute Gasteiger partial charge is 0.273 e. The zero-order chi connectivity index (χ0) is 14.5. The third-order valence-corrected chi connectivity index (χ3v) is 2.59. The number of hydrogen-bond donors (Lipinski definition) is 2. The Labute approximate surface area is 113 Å². The van der Waals surface area contributed by atoms with Gasteiger partial charge in [-0.2, -0.15) is 0 Å². The average molecular weight is 278 g/mol. The first kappa shape index (κ1) is 13.7. The van der Waals surface area contributed by atoms with E-state index in [-0.39, 0.29) is 5.56 Å². The molecule has 0 aliphatic carbocycles. The second kappa shape index (κ2) is 5.91. The zero-order valence-electron chi connectivity index (χ0n) is 10.3. The summed E-state index contributed by atoms with van der Waals surface area (Å²) in [6.07, 6.45) is 3.68. The maximum atomic E-state index is 13.2. The Hall–Kier alpha value is -2.77. The summed E-state index contributed by atoms with van der Waals surface area (Å²) in [5.41, 5.74) is 0.306. The normalized spacial score (nSPS) is 10.2. The SMILES string of the molecule is O=C(NCCc1cnc[nH]1)c1cc(F)cc([N+](=O)[O-])c1. The van der Waals surface area contributed by atoms with Crippen molar-refractivity contribution in [2.75, 3.05) is 6.54 Å². The first-order chi connectivity index (χ1) is 9.56. The zero-order valence-corrected chi connectivity index (χ0v) is 10.3. The Kier molecular flexibility index (Phi) is 4.04. The van der Waals surface area contributed by atoms with Crippen LogP contribution in [0.1, 0.15) is 16.1 Å². The molecule has 0 saturated carbocycles. The molecule has 0 radical (unpaired) electrons. The van der Waals surface area contributed by atoms with Crippen LogP contribution in [-0.4, -0.2) is 27.3 Å². The predicted molar refractivity (Wildman–Crippen MR) is 67.7 cm³/mol. The number of nitro benzene ring substituents is 1. The first-order valence-corrected chi connectivity index (χ1v) is 5.76. The second-order valence-corrected chi connectivity index (χ2v) is 4.04. The number of aromatic nitrogens is 2. The lowest BCUT2D eigenvalue weighted by Crippen LogP contribution is -2.26. The molecular weight excluding hydrogens is 267 g/mol. The van der Waals surface area contributed by atoms with Gasteiger partial charge >= 0.3 is 0 Å². The Balaban J connectivity index is 2.00. The maximum Gasteiger partial charge on any atom is 0.273 e. The number of amides is 1. The lowest BCUT2D eigenvalue weighted by Gasteiger charge is -2.04. The summed E-state index contributed by atoms with van der Waals surface area (Å²) in [6, 6.07) is 2.76. The minimum atomic E-state index is -0.821. The van der Waals surface area contributed by atoms with E-state index in [0.717, 1.165) is 23.9 Å². The van der Waals surface area contributed by atoms with E-state index in [1.165, 1.54) is 6.33 Å². The van der Waals surface area contributed by atoms with Gasteiger partial charge in [0.2, 0.25) is 0 Å².